The molecule has 0 bridgehead atoms. The Morgan fingerprint density at radius 3 is 2.65 bits per heavy atom. The Bertz CT molecular complexity index is 587. The highest BCUT2D eigenvalue weighted by atomic mass is 19.1. The number of benzene rings is 1. The number of carbonyl (C=O) groups excluding carboxylic acids is 1. The average molecular weight is 328 g/mol. The summed E-state index contributed by atoms with van der Waals surface area (Å²) < 4.78 is 37.9. The Kier molecular flexibility index (Phi) is 5.09. The van der Waals surface area contributed by atoms with Crippen molar-refractivity contribution >= 4 is 6.09 Å². The third-order valence-corrected chi connectivity index (χ3v) is 3.45. The van der Waals surface area contributed by atoms with Crippen LogP contribution in [0.15, 0.2) is 12.1 Å². The molecular formula is C16H22F2N2O3. The molecule has 0 saturated carbocycles. The molecule has 0 radical (unpaired) electrons. The van der Waals surface area contributed by atoms with Crippen LogP contribution in [0.4, 0.5) is 13.6 Å². The predicted octanol–water partition coefficient (Wildman–Crippen LogP) is 2.85. The lowest BCUT2D eigenvalue weighted by Crippen LogP contribution is -2.50. The van der Waals surface area contributed by atoms with Gasteiger partial charge in [-0.15, -0.1) is 0 Å². The van der Waals surface area contributed by atoms with Crippen LogP contribution in [0.3, 0.4) is 0 Å². The minimum absolute atomic E-state index is 0.117. The Balaban J connectivity index is 2.20. The first-order valence-electron chi connectivity index (χ1n) is 7.45. The highest BCUT2D eigenvalue weighted by Crippen LogP contribution is 2.31. The molecule has 1 aromatic rings. The van der Waals surface area contributed by atoms with Crippen LogP contribution in [0.1, 0.15) is 32.4 Å². The van der Waals surface area contributed by atoms with Crippen molar-refractivity contribution in [3.8, 4) is 5.75 Å². The van der Waals surface area contributed by atoms with E-state index in [1.54, 1.807) is 20.8 Å². The Labute approximate surface area is 134 Å². The Morgan fingerprint density at radius 2 is 2.04 bits per heavy atom. The molecule has 2 rings (SSSR count). The Hall–Kier alpha value is -1.89. The number of ether oxygens (including phenoxy) is 2. The third kappa shape index (κ3) is 4.31. The van der Waals surface area contributed by atoms with E-state index in [4.69, 9.17) is 9.47 Å². The lowest BCUT2D eigenvalue weighted by molar-refractivity contribution is 0.0192. The number of halogens is 2. The lowest BCUT2D eigenvalue weighted by atomic mass is 10.0. The fourth-order valence-corrected chi connectivity index (χ4v) is 2.50. The number of carbonyl (C=O) groups is 1. The van der Waals surface area contributed by atoms with Gasteiger partial charge in [-0.3, -0.25) is 0 Å². The number of amides is 1. The highest BCUT2D eigenvalue weighted by molar-refractivity contribution is 5.68. The van der Waals surface area contributed by atoms with E-state index in [0.29, 0.717) is 13.1 Å². The molecule has 128 valence electrons. The number of nitrogens with one attached hydrogen (secondary N) is 1. The summed E-state index contributed by atoms with van der Waals surface area (Å²) in [6.07, 6.45) is -0.453. The van der Waals surface area contributed by atoms with Gasteiger partial charge >= 0.3 is 6.09 Å². The van der Waals surface area contributed by atoms with Gasteiger partial charge in [-0.2, -0.15) is 0 Å². The lowest BCUT2D eigenvalue weighted by Gasteiger charge is -2.35. The van der Waals surface area contributed by atoms with Crippen molar-refractivity contribution in [2.75, 3.05) is 26.7 Å². The molecule has 23 heavy (non-hydrogen) atoms. The standard InChI is InChI=1S/C16H22F2N2O3/c1-16(2,3)23-15(21)20-6-5-19-12(9-20)14-11(18)7-10(17)8-13(14)22-4/h7-8,12,19H,5-6,9H2,1-4H3. The molecule has 1 aliphatic heterocycles. The van der Waals surface area contributed by atoms with Crippen LogP contribution in [0.5, 0.6) is 5.75 Å². The van der Waals surface area contributed by atoms with E-state index < -0.39 is 29.4 Å². The van der Waals surface area contributed by atoms with Crippen molar-refractivity contribution in [3.63, 3.8) is 0 Å². The summed E-state index contributed by atoms with van der Waals surface area (Å²) in [7, 11) is 1.35. The van der Waals surface area contributed by atoms with Crippen molar-refractivity contribution in [3.05, 3.63) is 29.3 Å². The minimum atomic E-state index is -0.706. The number of hydrogen-bond acceptors (Lipinski definition) is 4. The molecular weight excluding hydrogens is 306 g/mol. The van der Waals surface area contributed by atoms with Gasteiger partial charge in [-0.1, -0.05) is 0 Å². The zero-order chi connectivity index (χ0) is 17.2. The van der Waals surface area contributed by atoms with E-state index in [0.717, 1.165) is 12.1 Å². The van der Waals surface area contributed by atoms with E-state index in [1.165, 1.54) is 12.0 Å². The Morgan fingerprint density at radius 1 is 1.35 bits per heavy atom. The summed E-state index contributed by atoms with van der Waals surface area (Å²) >= 11 is 0. The molecule has 1 N–H and O–H groups in total. The molecule has 1 amide bonds. The zero-order valence-corrected chi connectivity index (χ0v) is 13.8. The fraction of sp³-hybridized carbons (Fsp3) is 0.562. The highest BCUT2D eigenvalue weighted by Gasteiger charge is 2.31. The van der Waals surface area contributed by atoms with Crippen LogP contribution in [0, 0.1) is 11.6 Å². The summed E-state index contributed by atoms with van der Waals surface area (Å²) in [4.78, 5) is 13.7. The third-order valence-electron chi connectivity index (χ3n) is 3.45. The van der Waals surface area contributed by atoms with Crippen molar-refractivity contribution in [1.29, 1.82) is 0 Å². The summed E-state index contributed by atoms with van der Waals surface area (Å²) in [5, 5.41) is 3.13. The molecule has 1 saturated heterocycles. The molecule has 5 nitrogen and oxygen atoms in total. The van der Waals surface area contributed by atoms with Gasteiger partial charge in [0.25, 0.3) is 0 Å². The number of methoxy groups -OCH3 is 1. The van der Waals surface area contributed by atoms with Crippen molar-refractivity contribution in [1.82, 2.24) is 10.2 Å². The largest absolute Gasteiger partial charge is 0.496 e. The fourth-order valence-electron chi connectivity index (χ4n) is 2.50. The molecule has 1 aliphatic rings. The first kappa shape index (κ1) is 17.5. The summed E-state index contributed by atoms with van der Waals surface area (Å²) in [5.41, 5.74) is -0.391. The smallest absolute Gasteiger partial charge is 0.410 e. The van der Waals surface area contributed by atoms with Crippen LogP contribution >= 0.6 is 0 Å². The van der Waals surface area contributed by atoms with E-state index in [-0.39, 0.29) is 17.9 Å². The molecule has 0 aliphatic carbocycles. The number of hydrogen-bond donors (Lipinski definition) is 1. The van der Waals surface area contributed by atoms with E-state index in [9.17, 15) is 13.6 Å². The first-order valence-corrected chi connectivity index (χ1v) is 7.45. The monoisotopic (exact) mass is 328 g/mol. The van der Waals surface area contributed by atoms with E-state index >= 15 is 0 Å². The minimum Gasteiger partial charge on any atom is -0.496 e. The summed E-state index contributed by atoms with van der Waals surface area (Å²) in [6.45, 7) is 6.50. The van der Waals surface area contributed by atoms with Gasteiger partial charge in [0.2, 0.25) is 0 Å². The normalized spacial score (nSPS) is 18.7. The van der Waals surface area contributed by atoms with Crippen molar-refractivity contribution < 1.29 is 23.0 Å². The molecule has 7 heteroatoms. The van der Waals surface area contributed by atoms with Gasteiger partial charge in [0.05, 0.1) is 13.2 Å². The van der Waals surface area contributed by atoms with Crippen LogP contribution in [0.2, 0.25) is 0 Å². The van der Waals surface area contributed by atoms with Crippen LogP contribution < -0.4 is 10.1 Å². The van der Waals surface area contributed by atoms with Gasteiger partial charge in [0, 0.05) is 37.3 Å². The summed E-state index contributed by atoms with van der Waals surface area (Å²) in [5.74, 6) is -1.29. The molecule has 1 unspecified atom stereocenters. The maximum atomic E-state index is 14.2. The van der Waals surface area contributed by atoms with Gasteiger partial charge < -0.3 is 19.7 Å². The average Bonchev–Trinajstić information content (AvgIpc) is 2.44. The first-order chi connectivity index (χ1) is 10.7. The zero-order valence-electron chi connectivity index (χ0n) is 13.8. The molecule has 1 aromatic carbocycles. The van der Waals surface area contributed by atoms with Crippen LogP contribution in [-0.2, 0) is 4.74 Å². The molecule has 0 aromatic heterocycles. The quantitative estimate of drug-likeness (QED) is 0.907. The van der Waals surface area contributed by atoms with Gasteiger partial charge in [-0.05, 0) is 20.8 Å². The number of piperazine rings is 1. The topological polar surface area (TPSA) is 50.8 Å². The van der Waals surface area contributed by atoms with Crippen molar-refractivity contribution in [2.24, 2.45) is 0 Å². The van der Waals surface area contributed by atoms with Crippen LogP contribution in [0.25, 0.3) is 0 Å². The second-order valence-electron chi connectivity index (χ2n) is 6.44. The second kappa shape index (κ2) is 6.70. The maximum Gasteiger partial charge on any atom is 0.410 e. The van der Waals surface area contributed by atoms with Crippen LogP contribution in [-0.4, -0.2) is 43.3 Å². The van der Waals surface area contributed by atoms with Gasteiger partial charge in [0.1, 0.15) is 23.0 Å². The van der Waals surface area contributed by atoms with E-state index in [1.807, 2.05) is 0 Å². The number of nitrogens with zero attached hydrogens (tertiary/aromatic N) is 1. The van der Waals surface area contributed by atoms with Gasteiger partial charge in [-0.25, -0.2) is 13.6 Å². The maximum absolute atomic E-state index is 14.2. The SMILES string of the molecule is COc1cc(F)cc(F)c1C1CN(C(=O)OC(C)(C)C)CCN1. The molecule has 1 fully saturated rings. The van der Waals surface area contributed by atoms with Crippen molar-refractivity contribution in [2.45, 2.75) is 32.4 Å². The molecule has 1 heterocycles. The summed E-state index contributed by atoms with van der Waals surface area (Å²) in [6, 6.07) is 1.45. The number of rotatable bonds is 2. The second-order valence-corrected chi connectivity index (χ2v) is 6.44. The predicted molar refractivity (Wildman–Crippen MR) is 81.5 cm³/mol. The van der Waals surface area contributed by atoms with E-state index in [2.05, 4.69) is 5.32 Å². The molecule has 1 atom stereocenters. The van der Waals surface area contributed by atoms with Gasteiger partial charge in [0.15, 0.2) is 0 Å². The molecule has 0 spiro atoms.